The summed E-state index contributed by atoms with van der Waals surface area (Å²) in [7, 11) is 0. The first-order chi connectivity index (χ1) is 22.4. The van der Waals surface area contributed by atoms with E-state index in [4.69, 9.17) is 0 Å². The highest BCUT2D eigenvalue weighted by Crippen LogP contribution is 2.38. The van der Waals surface area contributed by atoms with Crippen molar-refractivity contribution in [1.82, 2.24) is 0 Å². The Hall–Kier alpha value is -5.08. The molecule has 0 bridgehead atoms. The van der Waals surface area contributed by atoms with Crippen molar-refractivity contribution in [3.8, 4) is 11.1 Å². The van der Waals surface area contributed by atoms with Gasteiger partial charge in [-0.05, 0) is 108 Å². The highest BCUT2D eigenvalue weighted by Gasteiger charge is 2.18. The Kier molecular flexibility index (Phi) is 9.65. The van der Waals surface area contributed by atoms with Gasteiger partial charge in [0.1, 0.15) is 0 Å². The monoisotopic (exact) mass is 600 g/mol. The van der Waals surface area contributed by atoms with Crippen molar-refractivity contribution in [2.24, 2.45) is 0 Å². The molecule has 6 aromatic carbocycles. The average Bonchev–Trinajstić information content (AvgIpc) is 3.07. The molecule has 0 unspecified atom stereocenters. The molecule has 0 atom stereocenters. The van der Waals surface area contributed by atoms with Crippen LogP contribution in [0.5, 0.6) is 0 Å². The van der Waals surface area contributed by atoms with Gasteiger partial charge in [-0.3, -0.25) is 0 Å². The Morgan fingerprint density at radius 1 is 0.326 bits per heavy atom. The van der Waals surface area contributed by atoms with Gasteiger partial charge in [-0.25, -0.2) is 0 Å². The first-order valence-corrected chi connectivity index (χ1v) is 16.3. The number of nitrogens with zero attached hydrogens (tertiary/aromatic N) is 2. The van der Waals surface area contributed by atoms with E-state index in [0.29, 0.717) is 0 Å². The quantitative estimate of drug-likeness (QED) is 0.146. The summed E-state index contributed by atoms with van der Waals surface area (Å²) >= 11 is 0. The lowest BCUT2D eigenvalue weighted by Gasteiger charge is -2.29. The largest absolute Gasteiger partial charge is 0.363 e. The molecular weight excluding hydrogens is 556 g/mol. The zero-order valence-corrected chi connectivity index (χ0v) is 27.6. The summed E-state index contributed by atoms with van der Waals surface area (Å²) in [6, 6.07) is 52.7. The van der Waals surface area contributed by atoms with Crippen LogP contribution in [0.25, 0.3) is 11.1 Å². The van der Waals surface area contributed by atoms with E-state index in [1.807, 2.05) is 0 Å². The zero-order chi connectivity index (χ0) is 31.9. The molecule has 46 heavy (non-hydrogen) atoms. The van der Waals surface area contributed by atoms with Crippen molar-refractivity contribution in [2.75, 3.05) is 9.80 Å². The predicted molar refractivity (Wildman–Crippen MR) is 196 cm³/mol. The minimum Gasteiger partial charge on any atom is -0.363 e. The van der Waals surface area contributed by atoms with Gasteiger partial charge in [0, 0.05) is 37.6 Å². The smallest absolute Gasteiger partial charge is 0.0433 e. The number of aryl methyl sites for hydroxylation is 4. The van der Waals surface area contributed by atoms with Gasteiger partial charge in [0.25, 0.3) is 0 Å². The number of hydrogen-bond acceptors (Lipinski definition) is 2. The number of hydrogen-bond donors (Lipinski definition) is 0. The fraction of sp³-hybridized carbons (Fsp3) is 0.182. The molecule has 0 fully saturated rings. The molecule has 2 nitrogen and oxygen atoms in total. The molecule has 0 radical (unpaired) electrons. The van der Waals surface area contributed by atoms with Gasteiger partial charge in [-0.2, -0.15) is 0 Å². The van der Waals surface area contributed by atoms with Crippen LogP contribution >= 0.6 is 0 Å². The van der Waals surface area contributed by atoms with Crippen LogP contribution in [-0.4, -0.2) is 0 Å². The van der Waals surface area contributed by atoms with Crippen molar-refractivity contribution in [1.29, 1.82) is 0 Å². The molecule has 0 saturated carbocycles. The van der Waals surface area contributed by atoms with Gasteiger partial charge >= 0.3 is 0 Å². The molecule has 2 heteroatoms. The summed E-state index contributed by atoms with van der Waals surface area (Å²) in [5, 5.41) is 0. The van der Waals surface area contributed by atoms with E-state index in [-0.39, 0.29) is 0 Å². The Balaban J connectivity index is 1.35. The van der Waals surface area contributed by atoms with Gasteiger partial charge in [0.05, 0.1) is 0 Å². The second-order valence-corrected chi connectivity index (χ2v) is 12.6. The fourth-order valence-corrected chi connectivity index (χ4v) is 6.73. The van der Waals surface area contributed by atoms with Gasteiger partial charge < -0.3 is 9.80 Å². The van der Waals surface area contributed by atoms with Crippen LogP contribution in [0, 0.1) is 27.7 Å². The van der Waals surface area contributed by atoms with Gasteiger partial charge in [0.15, 0.2) is 0 Å². The molecule has 6 rings (SSSR count). The van der Waals surface area contributed by atoms with E-state index < -0.39 is 0 Å². The minimum atomic E-state index is 0.860. The van der Waals surface area contributed by atoms with E-state index in [0.717, 1.165) is 26.2 Å². The molecule has 0 amide bonds. The fourth-order valence-electron chi connectivity index (χ4n) is 6.73. The lowest BCUT2D eigenvalue weighted by atomic mass is 9.88. The summed E-state index contributed by atoms with van der Waals surface area (Å²) in [5.41, 5.74) is 15.7. The van der Waals surface area contributed by atoms with E-state index in [1.165, 1.54) is 67.0 Å². The Labute approximate surface area is 275 Å². The van der Waals surface area contributed by atoms with E-state index in [1.54, 1.807) is 0 Å². The molecule has 0 spiro atoms. The van der Waals surface area contributed by atoms with Crippen LogP contribution in [0.4, 0.5) is 11.4 Å². The molecule has 6 aromatic rings. The summed E-state index contributed by atoms with van der Waals surface area (Å²) in [6.07, 6.45) is 0. The van der Waals surface area contributed by atoms with Gasteiger partial charge in [-0.15, -0.1) is 0 Å². The maximum Gasteiger partial charge on any atom is 0.0433 e. The maximum absolute atomic E-state index is 2.50. The lowest BCUT2D eigenvalue weighted by Crippen LogP contribution is -2.22. The molecule has 0 heterocycles. The van der Waals surface area contributed by atoms with Crippen molar-refractivity contribution in [3.05, 3.63) is 190 Å². The van der Waals surface area contributed by atoms with Crippen molar-refractivity contribution in [2.45, 2.75) is 53.9 Å². The third-order valence-electron chi connectivity index (χ3n) is 8.88. The van der Waals surface area contributed by atoms with E-state index in [2.05, 4.69) is 183 Å². The third-order valence-corrected chi connectivity index (χ3v) is 8.88. The molecule has 230 valence electrons. The molecule has 0 saturated heterocycles. The zero-order valence-electron chi connectivity index (χ0n) is 27.6. The van der Waals surface area contributed by atoms with Crippen LogP contribution in [0.3, 0.4) is 0 Å². The summed E-state index contributed by atoms with van der Waals surface area (Å²) in [6.45, 7) is 12.5. The number of benzene rings is 6. The summed E-state index contributed by atoms with van der Waals surface area (Å²) in [5.74, 6) is 0. The molecule has 0 aliphatic carbocycles. The second-order valence-electron chi connectivity index (χ2n) is 12.6. The highest BCUT2D eigenvalue weighted by atomic mass is 15.1. The maximum atomic E-state index is 2.50. The lowest BCUT2D eigenvalue weighted by molar-refractivity contribution is 0.798. The van der Waals surface area contributed by atoms with E-state index in [9.17, 15) is 0 Å². The van der Waals surface area contributed by atoms with Crippen LogP contribution < -0.4 is 9.80 Å². The number of rotatable bonds is 11. The van der Waals surface area contributed by atoms with Crippen molar-refractivity contribution >= 4 is 11.4 Å². The first kappa shape index (κ1) is 30.9. The van der Waals surface area contributed by atoms with Gasteiger partial charge in [-0.1, -0.05) is 121 Å². The standard InChI is InChI=1S/C44H44N2/c1-33-25-41(45(29-37-17-9-5-10-18-37)30-38-19-11-6-12-20-38)26-34(2)43(33)44-35(3)27-42(28-36(44)4)46(31-39-21-13-7-14-22-39)32-40-23-15-8-16-24-40/h5-28H,29-32H2,1-4H3. The summed E-state index contributed by atoms with van der Waals surface area (Å²) < 4.78 is 0. The third kappa shape index (κ3) is 7.41. The van der Waals surface area contributed by atoms with Crippen molar-refractivity contribution < 1.29 is 0 Å². The molecule has 0 aliphatic rings. The molecule has 0 N–H and O–H groups in total. The normalized spacial score (nSPS) is 11.0. The summed E-state index contributed by atoms with van der Waals surface area (Å²) in [4.78, 5) is 5.00. The number of anilines is 2. The topological polar surface area (TPSA) is 6.48 Å². The molecular formula is C44H44N2. The molecule has 0 aliphatic heterocycles. The second kappa shape index (κ2) is 14.3. The SMILES string of the molecule is Cc1cc(N(Cc2ccccc2)Cc2ccccc2)cc(C)c1-c1c(C)cc(N(Cc2ccccc2)Cc2ccccc2)cc1C. The first-order valence-electron chi connectivity index (χ1n) is 16.3. The molecule has 0 aromatic heterocycles. The Bertz CT molecular complexity index is 1590. The van der Waals surface area contributed by atoms with Crippen LogP contribution in [0.2, 0.25) is 0 Å². The van der Waals surface area contributed by atoms with E-state index >= 15 is 0 Å². The minimum absolute atomic E-state index is 0.860. The van der Waals surface area contributed by atoms with Crippen LogP contribution in [-0.2, 0) is 26.2 Å². The van der Waals surface area contributed by atoms with Crippen LogP contribution in [0.1, 0.15) is 44.5 Å². The Morgan fingerprint density at radius 3 is 0.761 bits per heavy atom. The van der Waals surface area contributed by atoms with Crippen LogP contribution in [0.15, 0.2) is 146 Å². The van der Waals surface area contributed by atoms with Gasteiger partial charge in [0.2, 0.25) is 0 Å². The Morgan fingerprint density at radius 2 is 0.543 bits per heavy atom. The van der Waals surface area contributed by atoms with Crippen molar-refractivity contribution in [3.63, 3.8) is 0 Å². The average molecular weight is 601 g/mol. The predicted octanol–water partition coefficient (Wildman–Crippen LogP) is 11.0. The highest BCUT2D eigenvalue weighted by molar-refractivity contribution is 5.80.